The molecule has 0 radical (unpaired) electrons. The molecule has 0 aliphatic heterocycles. The van der Waals surface area contributed by atoms with Gasteiger partial charge < -0.3 is 24.4 Å². The summed E-state index contributed by atoms with van der Waals surface area (Å²) in [6, 6.07) is 15.4. The van der Waals surface area contributed by atoms with Crippen molar-refractivity contribution in [3.05, 3.63) is 76.8 Å². The number of nitrogens with zero attached hydrogens (tertiary/aromatic N) is 2. The van der Waals surface area contributed by atoms with Crippen molar-refractivity contribution in [2.24, 2.45) is 0 Å². The summed E-state index contributed by atoms with van der Waals surface area (Å²) in [4.78, 5) is 28.6. The van der Waals surface area contributed by atoms with E-state index in [9.17, 15) is 18.0 Å². The predicted octanol–water partition coefficient (Wildman–Crippen LogP) is 4.81. The lowest BCUT2D eigenvalue weighted by Crippen LogP contribution is -2.52. The number of aryl methyl sites for hydroxylation is 1. The Bertz CT molecular complexity index is 1550. The Morgan fingerprint density at radius 3 is 2.19 bits per heavy atom. The van der Waals surface area contributed by atoms with Gasteiger partial charge in [-0.05, 0) is 56.2 Å². The van der Waals surface area contributed by atoms with Crippen molar-refractivity contribution in [1.82, 2.24) is 10.2 Å². The lowest BCUT2D eigenvalue weighted by molar-refractivity contribution is -0.140. The molecule has 0 saturated heterocycles. The molecule has 0 unspecified atom stereocenters. The molecular weight excluding hydrogens is 594 g/mol. The summed E-state index contributed by atoms with van der Waals surface area (Å²) in [5.74, 6) is -0.216. The minimum absolute atomic E-state index is 0.0553. The second-order valence-corrected chi connectivity index (χ2v) is 12.0. The molecule has 0 fully saturated rings. The van der Waals surface area contributed by atoms with Crippen LogP contribution in [0.5, 0.6) is 17.2 Å². The molecule has 2 amide bonds. The van der Waals surface area contributed by atoms with Crippen LogP contribution in [0, 0.1) is 6.92 Å². The van der Waals surface area contributed by atoms with Gasteiger partial charge in [0.15, 0.2) is 11.5 Å². The summed E-state index contributed by atoms with van der Waals surface area (Å²) >= 11 is 6.31. The number of sulfonamides is 1. The first-order valence-electron chi connectivity index (χ1n) is 13.7. The monoisotopic (exact) mass is 631 g/mol. The molecule has 0 spiro atoms. The van der Waals surface area contributed by atoms with Crippen molar-refractivity contribution < 1.29 is 32.2 Å². The van der Waals surface area contributed by atoms with Gasteiger partial charge in [-0.15, -0.1) is 0 Å². The predicted molar refractivity (Wildman–Crippen MR) is 167 cm³/mol. The van der Waals surface area contributed by atoms with Gasteiger partial charge in [-0.25, -0.2) is 8.42 Å². The first-order chi connectivity index (χ1) is 20.5. The molecule has 0 aliphatic rings. The molecule has 12 heteroatoms. The molecule has 0 bridgehead atoms. The third-order valence-corrected chi connectivity index (χ3v) is 8.79. The fourth-order valence-electron chi connectivity index (χ4n) is 4.69. The summed E-state index contributed by atoms with van der Waals surface area (Å²) in [6.07, 6.45) is 0.312. The van der Waals surface area contributed by atoms with Crippen LogP contribution in [0.3, 0.4) is 0 Å². The van der Waals surface area contributed by atoms with Crippen molar-refractivity contribution >= 4 is 39.1 Å². The smallest absolute Gasteiger partial charge is 0.265 e. The zero-order chi connectivity index (χ0) is 31.7. The molecular formula is C31H38ClN3O7S. The van der Waals surface area contributed by atoms with Crippen LogP contribution in [0.1, 0.15) is 31.4 Å². The van der Waals surface area contributed by atoms with E-state index in [1.165, 1.54) is 56.6 Å². The number of carbonyl (C=O) groups excluding carboxylic acids is 2. The maximum atomic E-state index is 14.3. The highest BCUT2D eigenvalue weighted by molar-refractivity contribution is 7.92. The van der Waals surface area contributed by atoms with Crippen molar-refractivity contribution in [1.29, 1.82) is 0 Å². The summed E-state index contributed by atoms with van der Waals surface area (Å²) in [5.41, 5.74) is 1.84. The van der Waals surface area contributed by atoms with Crippen LogP contribution >= 0.6 is 11.6 Å². The number of hydrogen-bond donors (Lipinski definition) is 1. The van der Waals surface area contributed by atoms with Gasteiger partial charge in [0.2, 0.25) is 11.8 Å². The topological polar surface area (TPSA) is 114 Å². The molecule has 1 N–H and O–H groups in total. The Morgan fingerprint density at radius 1 is 0.907 bits per heavy atom. The van der Waals surface area contributed by atoms with Crippen molar-refractivity contribution in [3.8, 4) is 17.2 Å². The zero-order valence-electron chi connectivity index (χ0n) is 25.2. The highest BCUT2D eigenvalue weighted by Crippen LogP contribution is 2.37. The van der Waals surface area contributed by atoms with Crippen LogP contribution in [0.4, 0.5) is 5.69 Å². The normalized spacial score (nSPS) is 11.8. The van der Waals surface area contributed by atoms with Crippen molar-refractivity contribution in [3.63, 3.8) is 0 Å². The van der Waals surface area contributed by atoms with E-state index in [0.29, 0.717) is 18.7 Å². The van der Waals surface area contributed by atoms with Crippen LogP contribution in [0.25, 0.3) is 0 Å². The molecule has 3 aromatic rings. The molecule has 0 aromatic heterocycles. The number of halogens is 1. The molecule has 3 rings (SSSR count). The Kier molecular flexibility index (Phi) is 11.7. The van der Waals surface area contributed by atoms with E-state index in [2.05, 4.69) is 5.32 Å². The average Bonchev–Trinajstić information content (AvgIpc) is 2.99. The van der Waals surface area contributed by atoms with Crippen molar-refractivity contribution in [2.45, 2.75) is 44.7 Å². The van der Waals surface area contributed by atoms with Gasteiger partial charge in [-0.2, -0.15) is 0 Å². The minimum atomic E-state index is -4.42. The number of nitrogens with one attached hydrogen (secondary N) is 1. The Balaban J connectivity index is 2.18. The maximum absolute atomic E-state index is 14.3. The van der Waals surface area contributed by atoms with Crippen LogP contribution in [0.15, 0.2) is 65.6 Å². The van der Waals surface area contributed by atoms with Gasteiger partial charge in [0, 0.05) is 24.2 Å². The SMILES string of the molecule is CCNC(=O)[C@H](CC)N(Cc1cccc(C)c1)C(=O)CN(c1cc(Cl)ccc1OC)S(=O)(=O)c1ccc(OC)c(OC)c1. The van der Waals surface area contributed by atoms with Gasteiger partial charge >= 0.3 is 0 Å². The fraction of sp³-hybridized carbons (Fsp3) is 0.355. The van der Waals surface area contributed by atoms with E-state index >= 15 is 0 Å². The lowest BCUT2D eigenvalue weighted by atomic mass is 10.1. The number of anilines is 1. The van der Waals surface area contributed by atoms with Crippen LogP contribution in [0.2, 0.25) is 5.02 Å². The van der Waals surface area contributed by atoms with E-state index in [-0.39, 0.29) is 39.6 Å². The Labute approximate surface area is 258 Å². The second kappa shape index (κ2) is 15.0. The van der Waals surface area contributed by atoms with Gasteiger partial charge in [-0.1, -0.05) is 48.4 Å². The number of methoxy groups -OCH3 is 3. The van der Waals surface area contributed by atoms with Crippen molar-refractivity contribution in [2.75, 3.05) is 38.7 Å². The molecule has 232 valence electrons. The first kappa shape index (κ1) is 33.5. The summed E-state index contributed by atoms with van der Waals surface area (Å²) in [5, 5.41) is 3.03. The van der Waals surface area contributed by atoms with Crippen LogP contribution in [-0.2, 0) is 26.2 Å². The number of benzene rings is 3. The highest BCUT2D eigenvalue weighted by atomic mass is 35.5. The Morgan fingerprint density at radius 2 is 1.58 bits per heavy atom. The number of carbonyl (C=O) groups is 2. The maximum Gasteiger partial charge on any atom is 0.265 e. The molecule has 3 aromatic carbocycles. The number of amides is 2. The molecule has 0 aliphatic carbocycles. The molecule has 0 heterocycles. The van der Waals surface area contributed by atoms with E-state index < -0.39 is 28.5 Å². The van der Waals surface area contributed by atoms with Gasteiger partial charge in [0.25, 0.3) is 10.0 Å². The molecule has 1 atom stereocenters. The number of ether oxygens (including phenoxy) is 3. The van der Waals surface area contributed by atoms with Crippen LogP contribution in [-0.4, -0.2) is 65.6 Å². The summed E-state index contributed by atoms with van der Waals surface area (Å²) in [6.45, 7) is 5.35. The average molecular weight is 632 g/mol. The lowest BCUT2D eigenvalue weighted by Gasteiger charge is -2.33. The molecule has 43 heavy (non-hydrogen) atoms. The van der Waals surface area contributed by atoms with E-state index in [4.69, 9.17) is 25.8 Å². The van der Waals surface area contributed by atoms with E-state index in [0.717, 1.165) is 15.4 Å². The third kappa shape index (κ3) is 7.91. The Hall–Kier alpha value is -3.96. The zero-order valence-corrected chi connectivity index (χ0v) is 26.8. The molecule has 10 nitrogen and oxygen atoms in total. The second-order valence-electron chi connectivity index (χ2n) is 9.67. The standard InChI is InChI=1S/C31H38ClN3O7S/c1-7-25(31(37)33-8-2)34(19-22-11-9-10-21(3)16-22)30(36)20-35(26-17-23(32)12-14-27(26)40-4)43(38,39)24-13-15-28(41-5)29(18-24)42-6/h9-18,25H,7-8,19-20H2,1-6H3,(H,33,37)/t25-/m0/s1. The molecule has 0 saturated carbocycles. The fourth-order valence-corrected chi connectivity index (χ4v) is 6.29. The number of rotatable bonds is 14. The quantitative estimate of drug-likeness (QED) is 0.271. The number of hydrogen-bond acceptors (Lipinski definition) is 7. The minimum Gasteiger partial charge on any atom is -0.495 e. The number of likely N-dealkylation sites (N-methyl/N-ethyl adjacent to an activating group) is 1. The first-order valence-corrected chi connectivity index (χ1v) is 15.5. The van der Waals surface area contributed by atoms with Crippen LogP contribution < -0.4 is 23.8 Å². The van der Waals surface area contributed by atoms with Gasteiger partial charge in [-0.3, -0.25) is 13.9 Å². The third-order valence-electron chi connectivity index (χ3n) is 6.80. The summed E-state index contributed by atoms with van der Waals surface area (Å²) in [7, 11) is -0.196. The highest BCUT2D eigenvalue weighted by Gasteiger charge is 2.35. The van der Waals surface area contributed by atoms with E-state index in [1.807, 2.05) is 31.2 Å². The van der Waals surface area contributed by atoms with E-state index in [1.54, 1.807) is 19.9 Å². The largest absolute Gasteiger partial charge is 0.495 e. The van der Waals surface area contributed by atoms with Gasteiger partial charge in [0.1, 0.15) is 18.3 Å². The van der Waals surface area contributed by atoms with Gasteiger partial charge in [0.05, 0.1) is 31.9 Å². The summed E-state index contributed by atoms with van der Waals surface area (Å²) < 4.78 is 45.6.